The third-order valence-corrected chi connectivity index (χ3v) is 5.54. The highest BCUT2D eigenvalue weighted by Gasteiger charge is 2.23. The summed E-state index contributed by atoms with van der Waals surface area (Å²) in [5.41, 5.74) is 2.71. The molecule has 7 nitrogen and oxygen atoms in total. The van der Waals surface area contributed by atoms with Crippen LogP contribution >= 0.6 is 11.6 Å². The first-order valence-corrected chi connectivity index (χ1v) is 9.96. The molecule has 0 bridgehead atoms. The molecule has 2 aromatic heterocycles. The molecule has 0 atom stereocenters. The third kappa shape index (κ3) is 3.96. The summed E-state index contributed by atoms with van der Waals surface area (Å²) in [6.45, 7) is 8.63. The van der Waals surface area contributed by atoms with Gasteiger partial charge < -0.3 is 9.80 Å². The van der Waals surface area contributed by atoms with E-state index in [0.29, 0.717) is 29.5 Å². The first-order chi connectivity index (χ1) is 13.9. The zero-order valence-corrected chi connectivity index (χ0v) is 17.5. The van der Waals surface area contributed by atoms with Crippen LogP contribution < -0.4 is 4.90 Å². The first kappa shape index (κ1) is 19.4. The van der Waals surface area contributed by atoms with Gasteiger partial charge in [-0.25, -0.2) is 15.0 Å². The lowest BCUT2D eigenvalue weighted by molar-refractivity contribution is 0.0746. The van der Waals surface area contributed by atoms with Crippen LogP contribution in [0.3, 0.4) is 0 Å². The van der Waals surface area contributed by atoms with Gasteiger partial charge in [0.15, 0.2) is 0 Å². The largest absolute Gasteiger partial charge is 0.353 e. The maximum absolute atomic E-state index is 12.7. The Morgan fingerprint density at radius 2 is 1.62 bits per heavy atom. The minimum Gasteiger partial charge on any atom is -0.353 e. The summed E-state index contributed by atoms with van der Waals surface area (Å²) >= 11 is 5.92. The highest BCUT2D eigenvalue weighted by atomic mass is 35.5. The molecule has 0 N–H and O–H groups in total. The highest BCUT2D eigenvalue weighted by molar-refractivity contribution is 6.30. The van der Waals surface area contributed by atoms with Crippen molar-refractivity contribution >= 4 is 23.3 Å². The van der Waals surface area contributed by atoms with Gasteiger partial charge >= 0.3 is 0 Å². The molecule has 150 valence electrons. The van der Waals surface area contributed by atoms with E-state index in [1.807, 2.05) is 36.3 Å². The molecule has 4 rings (SSSR count). The van der Waals surface area contributed by atoms with E-state index < -0.39 is 0 Å². The van der Waals surface area contributed by atoms with Crippen LogP contribution in [0.5, 0.6) is 0 Å². The summed E-state index contributed by atoms with van der Waals surface area (Å²) in [7, 11) is 0. The van der Waals surface area contributed by atoms with Crippen molar-refractivity contribution in [3.05, 3.63) is 64.5 Å². The first-order valence-electron chi connectivity index (χ1n) is 9.59. The van der Waals surface area contributed by atoms with E-state index in [1.165, 1.54) is 0 Å². The molecule has 29 heavy (non-hydrogen) atoms. The normalized spacial score (nSPS) is 14.3. The van der Waals surface area contributed by atoms with Crippen molar-refractivity contribution in [2.45, 2.75) is 20.8 Å². The monoisotopic (exact) mass is 410 g/mol. The van der Waals surface area contributed by atoms with Crippen molar-refractivity contribution in [3.63, 3.8) is 0 Å². The second kappa shape index (κ2) is 7.83. The lowest BCUT2D eigenvalue weighted by atomic mass is 10.2. The maximum atomic E-state index is 12.7. The van der Waals surface area contributed by atoms with Gasteiger partial charge in [-0.2, -0.15) is 0 Å². The van der Waals surface area contributed by atoms with Crippen LogP contribution in [0.2, 0.25) is 5.02 Å². The average molecular weight is 411 g/mol. The fourth-order valence-corrected chi connectivity index (χ4v) is 3.59. The Bertz CT molecular complexity index is 1040. The van der Waals surface area contributed by atoms with Crippen LogP contribution in [0.25, 0.3) is 5.82 Å². The highest BCUT2D eigenvalue weighted by Crippen LogP contribution is 2.20. The SMILES string of the molecule is Cc1nc(N2CCN(C(=O)c3ccc(Cl)cc3)CC2)cc(-n2cnc(C)c2C)n1. The number of halogens is 1. The summed E-state index contributed by atoms with van der Waals surface area (Å²) in [5, 5.41) is 0.629. The van der Waals surface area contributed by atoms with Gasteiger partial charge in [0.05, 0.1) is 5.69 Å². The molecular formula is C21H23ClN6O. The van der Waals surface area contributed by atoms with Crippen molar-refractivity contribution in [2.24, 2.45) is 0 Å². The summed E-state index contributed by atoms with van der Waals surface area (Å²) in [6, 6.07) is 9.02. The number of benzene rings is 1. The van der Waals surface area contributed by atoms with E-state index in [1.54, 1.807) is 30.6 Å². The Hall–Kier alpha value is -2.93. The maximum Gasteiger partial charge on any atom is 0.253 e. The van der Waals surface area contributed by atoms with Crippen molar-refractivity contribution in [1.82, 2.24) is 24.4 Å². The van der Waals surface area contributed by atoms with Crippen molar-refractivity contribution in [2.75, 3.05) is 31.1 Å². The number of hydrogen-bond donors (Lipinski definition) is 0. The zero-order valence-electron chi connectivity index (χ0n) is 16.8. The predicted octanol–water partition coefficient (Wildman–Crippen LogP) is 3.20. The van der Waals surface area contributed by atoms with Gasteiger partial charge in [-0.3, -0.25) is 9.36 Å². The molecule has 3 heterocycles. The summed E-state index contributed by atoms with van der Waals surface area (Å²) in [5.74, 6) is 2.43. The minimum absolute atomic E-state index is 0.0328. The van der Waals surface area contributed by atoms with E-state index in [2.05, 4.69) is 19.9 Å². The molecule has 1 fully saturated rings. The van der Waals surface area contributed by atoms with Gasteiger partial charge in [0.25, 0.3) is 5.91 Å². The fraction of sp³-hybridized carbons (Fsp3) is 0.333. The van der Waals surface area contributed by atoms with Crippen LogP contribution in [-0.2, 0) is 0 Å². The number of piperazine rings is 1. The van der Waals surface area contributed by atoms with E-state index in [4.69, 9.17) is 11.6 Å². The van der Waals surface area contributed by atoms with Gasteiger partial charge in [0, 0.05) is 48.5 Å². The number of imidazole rings is 1. The number of hydrogen-bond acceptors (Lipinski definition) is 5. The number of nitrogens with zero attached hydrogens (tertiary/aromatic N) is 6. The van der Waals surface area contributed by atoms with Crippen LogP contribution in [-0.4, -0.2) is 56.5 Å². The minimum atomic E-state index is 0.0328. The third-order valence-electron chi connectivity index (χ3n) is 5.29. The van der Waals surface area contributed by atoms with E-state index in [0.717, 1.165) is 36.1 Å². The summed E-state index contributed by atoms with van der Waals surface area (Å²) in [6.07, 6.45) is 1.79. The average Bonchev–Trinajstić information content (AvgIpc) is 3.06. The molecule has 0 radical (unpaired) electrons. The number of rotatable bonds is 3. The number of amides is 1. The molecule has 3 aromatic rings. The standard InChI is InChI=1S/C21H23ClN6O/c1-14-15(2)28(13-23-14)20-12-19(24-16(3)25-20)26-8-10-27(11-9-26)21(29)17-4-6-18(22)7-5-17/h4-7,12-13H,8-11H2,1-3H3. The second-order valence-corrected chi connectivity index (χ2v) is 7.64. The fourth-order valence-electron chi connectivity index (χ4n) is 3.47. The topological polar surface area (TPSA) is 67.2 Å². The van der Waals surface area contributed by atoms with E-state index in [-0.39, 0.29) is 5.91 Å². The quantitative estimate of drug-likeness (QED) is 0.663. The molecule has 0 saturated carbocycles. The molecule has 8 heteroatoms. The number of aromatic nitrogens is 4. The Balaban J connectivity index is 1.49. The lowest BCUT2D eigenvalue weighted by Crippen LogP contribution is -2.49. The molecular weight excluding hydrogens is 388 g/mol. The number of carbonyl (C=O) groups is 1. The number of carbonyl (C=O) groups excluding carboxylic acids is 1. The molecule has 0 unspecified atom stereocenters. The molecule has 0 aliphatic carbocycles. The van der Waals surface area contributed by atoms with Crippen molar-refractivity contribution in [1.29, 1.82) is 0 Å². The smallest absolute Gasteiger partial charge is 0.253 e. The molecule has 1 aliphatic heterocycles. The van der Waals surface area contributed by atoms with Gasteiger partial charge in [0.2, 0.25) is 0 Å². The van der Waals surface area contributed by atoms with Gasteiger partial charge in [-0.1, -0.05) is 11.6 Å². The molecule has 1 amide bonds. The molecule has 1 aromatic carbocycles. The predicted molar refractivity (Wildman–Crippen MR) is 113 cm³/mol. The van der Waals surface area contributed by atoms with Gasteiger partial charge in [-0.15, -0.1) is 0 Å². The lowest BCUT2D eigenvalue weighted by Gasteiger charge is -2.35. The van der Waals surface area contributed by atoms with Crippen molar-refractivity contribution < 1.29 is 4.79 Å². The molecule has 1 saturated heterocycles. The Morgan fingerprint density at radius 1 is 0.966 bits per heavy atom. The van der Waals surface area contributed by atoms with Crippen LogP contribution in [0, 0.1) is 20.8 Å². The Morgan fingerprint density at radius 3 is 2.24 bits per heavy atom. The Kier molecular flexibility index (Phi) is 5.24. The molecule has 0 spiro atoms. The summed E-state index contributed by atoms with van der Waals surface area (Å²) < 4.78 is 1.98. The summed E-state index contributed by atoms with van der Waals surface area (Å²) in [4.78, 5) is 30.3. The van der Waals surface area contributed by atoms with E-state index in [9.17, 15) is 4.79 Å². The number of anilines is 1. The second-order valence-electron chi connectivity index (χ2n) is 7.20. The zero-order chi connectivity index (χ0) is 20.5. The van der Waals surface area contributed by atoms with Crippen molar-refractivity contribution in [3.8, 4) is 5.82 Å². The van der Waals surface area contributed by atoms with E-state index >= 15 is 0 Å². The van der Waals surface area contributed by atoms with Crippen LogP contribution in [0.4, 0.5) is 5.82 Å². The van der Waals surface area contributed by atoms with Gasteiger partial charge in [-0.05, 0) is 45.0 Å². The van der Waals surface area contributed by atoms with Crippen LogP contribution in [0.15, 0.2) is 36.7 Å². The molecule has 1 aliphatic rings. The Labute approximate surface area is 175 Å². The number of aryl methyl sites for hydroxylation is 2. The van der Waals surface area contributed by atoms with Gasteiger partial charge in [0.1, 0.15) is 23.8 Å². The van der Waals surface area contributed by atoms with Crippen LogP contribution in [0.1, 0.15) is 27.6 Å².